The first kappa shape index (κ1) is 20.7. The van der Waals surface area contributed by atoms with Gasteiger partial charge in [-0.3, -0.25) is 9.59 Å². The van der Waals surface area contributed by atoms with E-state index in [0.717, 1.165) is 42.4 Å². The minimum atomic E-state index is -0.401. The van der Waals surface area contributed by atoms with E-state index in [0.29, 0.717) is 19.0 Å². The highest BCUT2D eigenvalue weighted by Gasteiger charge is 2.28. The van der Waals surface area contributed by atoms with E-state index in [1.807, 2.05) is 58.9 Å². The van der Waals surface area contributed by atoms with Crippen molar-refractivity contribution in [3.63, 3.8) is 0 Å². The van der Waals surface area contributed by atoms with Crippen LogP contribution < -0.4 is 10.2 Å². The molecule has 0 spiro atoms. The van der Waals surface area contributed by atoms with E-state index in [1.165, 1.54) is 5.56 Å². The number of ether oxygens (including phenoxy) is 1. The van der Waals surface area contributed by atoms with Gasteiger partial charge in [-0.05, 0) is 56.4 Å². The number of fused-ring (bicyclic) bond motifs is 2. The number of aromatic nitrogens is 2. The lowest BCUT2D eigenvalue weighted by Gasteiger charge is -2.30. The number of aryl methyl sites for hydroxylation is 1. The summed E-state index contributed by atoms with van der Waals surface area (Å²) < 4.78 is 7.46. The molecule has 7 heteroatoms. The molecule has 2 amide bonds. The molecule has 2 unspecified atom stereocenters. The second-order valence-electron chi connectivity index (χ2n) is 8.55. The first-order chi connectivity index (χ1) is 15.6. The molecule has 2 aliphatic rings. The second kappa shape index (κ2) is 8.74. The minimum absolute atomic E-state index is 0.0270. The summed E-state index contributed by atoms with van der Waals surface area (Å²) in [6.07, 6.45) is 3.18. The predicted octanol–water partition coefficient (Wildman–Crippen LogP) is 3.37. The summed E-state index contributed by atoms with van der Waals surface area (Å²) >= 11 is 0. The molecule has 7 nitrogen and oxygen atoms in total. The molecule has 1 aromatic heterocycles. The molecule has 1 N–H and O–H groups in total. The largest absolute Gasteiger partial charge is 0.368 e. The maximum Gasteiger partial charge on any atom is 0.249 e. The maximum atomic E-state index is 13.4. The first-order valence-corrected chi connectivity index (χ1v) is 11.4. The summed E-state index contributed by atoms with van der Waals surface area (Å²) in [6.45, 7) is 3.41. The summed E-state index contributed by atoms with van der Waals surface area (Å²) in [6, 6.07) is 15.5. The van der Waals surface area contributed by atoms with Gasteiger partial charge in [0.15, 0.2) is 0 Å². The van der Waals surface area contributed by atoms with Crippen molar-refractivity contribution < 1.29 is 14.3 Å². The molecule has 0 saturated carbocycles. The van der Waals surface area contributed by atoms with E-state index in [4.69, 9.17) is 9.72 Å². The molecule has 0 radical (unpaired) electrons. The molecule has 0 bridgehead atoms. The second-order valence-corrected chi connectivity index (χ2v) is 8.55. The Morgan fingerprint density at radius 1 is 1.16 bits per heavy atom. The number of carbonyl (C=O) groups excluding carboxylic acids is 2. The lowest BCUT2D eigenvalue weighted by molar-refractivity contribution is -0.130. The molecule has 1 fully saturated rings. The number of nitrogens with zero attached hydrogens (tertiary/aromatic N) is 3. The number of benzene rings is 2. The van der Waals surface area contributed by atoms with Crippen LogP contribution in [-0.4, -0.2) is 40.6 Å². The quantitative estimate of drug-likeness (QED) is 0.671. The van der Waals surface area contributed by atoms with Crippen LogP contribution in [-0.2, 0) is 27.3 Å². The molecular formula is C25H28N4O3. The molecule has 2 aromatic carbocycles. The summed E-state index contributed by atoms with van der Waals surface area (Å²) in [5.74, 6) is 0.584. The van der Waals surface area contributed by atoms with Gasteiger partial charge in [-0.2, -0.15) is 0 Å². The van der Waals surface area contributed by atoms with Crippen molar-refractivity contribution in [2.45, 2.75) is 51.3 Å². The zero-order valence-electron chi connectivity index (χ0n) is 18.3. The smallest absolute Gasteiger partial charge is 0.249 e. The number of amides is 2. The van der Waals surface area contributed by atoms with Gasteiger partial charge in [0.05, 0.1) is 17.1 Å². The first-order valence-electron chi connectivity index (χ1n) is 11.4. The van der Waals surface area contributed by atoms with Gasteiger partial charge in [0.25, 0.3) is 0 Å². The van der Waals surface area contributed by atoms with E-state index >= 15 is 0 Å². The topological polar surface area (TPSA) is 76.5 Å². The monoisotopic (exact) mass is 432 g/mol. The Balaban J connectivity index is 1.43. The third-order valence-electron chi connectivity index (χ3n) is 6.36. The zero-order chi connectivity index (χ0) is 22.1. The predicted molar refractivity (Wildman–Crippen MR) is 122 cm³/mol. The van der Waals surface area contributed by atoms with Crippen molar-refractivity contribution in [1.82, 2.24) is 14.9 Å². The van der Waals surface area contributed by atoms with Crippen molar-refractivity contribution in [2.24, 2.45) is 0 Å². The van der Waals surface area contributed by atoms with Crippen LogP contribution in [0.4, 0.5) is 5.69 Å². The number of anilines is 1. The van der Waals surface area contributed by atoms with Crippen molar-refractivity contribution in [1.29, 1.82) is 0 Å². The van der Waals surface area contributed by atoms with Crippen molar-refractivity contribution in [2.75, 3.05) is 18.1 Å². The lowest BCUT2D eigenvalue weighted by atomic mass is 10.0. The summed E-state index contributed by atoms with van der Waals surface area (Å²) in [5.41, 5.74) is 3.90. The van der Waals surface area contributed by atoms with E-state index < -0.39 is 6.10 Å². The number of nitrogens with one attached hydrogen (secondary N) is 1. The van der Waals surface area contributed by atoms with Crippen molar-refractivity contribution >= 4 is 28.5 Å². The maximum absolute atomic E-state index is 13.4. The van der Waals surface area contributed by atoms with Crippen molar-refractivity contribution in [3.05, 3.63) is 59.9 Å². The van der Waals surface area contributed by atoms with Gasteiger partial charge < -0.3 is 19.5 Å². The van der Waals surface area contributed by atoms with Gasteiger partial charge in [0.1, 0.15) is 18.5 Å². The average molecular weight is 433 g/mol. The van der Waals surface area contributed by atoms with Crippen LogP contribution in [0.1, 0.15) is 43.6 Å². The highest BCUT2D eigenvalue weighted by Crippen LogP contribution is 2.28. The van der Waals surface area contributed by atoms with Gasteiger partial charge in [0, 0.05) is 18.8 Å². The number of imidazole rings is 1. The third kappa shape index (κ3) is 3.88. The Kier molecular flexibility index (Phi) is 5.66. The van der Waals surface area contributed by atoms with Crippen LogP contribution >= 0.6 is 0 Å². The Morgan fingerprint density at radius 3 is 2.81 bits per heavy atom. The number of hydrogen-bond acceptors (Lipinski definition) is 4. The number of carbonyl (C=O) groups is 2. The number of hydrogen-bond donors (Lipinski definition) is 1. The lowest BCUT2D eigenvalue weighted by Crippen LogP contribution is -2.39. The minimum Gasteiger partial charge on any atom is -0.368 e. The highest BCUT2D eigenvalue weighted by atomic mass is 16.5. The van der Waals surface area contributed by atoms with Gasteiger partial charge in [-0.25, -0.2) is 4.98 Å². The number of rotatable bonds is 5. The van der Waals surface area contributed by atoms with Crippen LogP contribution in [0, 0.1) is 0 Å². The van der Waals surface area contributed by atoms with Crippen molar-refractivity contribution in [3.8, 4) is 0 Å². The molecule has 5 rings (SSSR count). The number of para-hydroxylation sites is 3. The highest BCUT2D eigenvalue weighted by molar-refractivity contribution is 5.95. The Labute approximate surface area is 187 Å². The molecule has 2 atom stereocenters. The standard InChI is InChI=1S/C25H28N4O3/c1-17(26-25(31)22-13-7-15-32-22)24-27-19-10-3-5-12-21(19)29(24)16-23(30)28-14-6-9-18-8-2-4-11-20(18)28/h2-5,8,10-12,17,22H,6-7,9,13-16H2,1H3,(H,26,31). The van der Waals surface area contributed by atoms with Gasteiger partial charge in [0.2, 0.25) is 11.8 Å². The Hall–Kier alpha value is -3.19. The van der Waals surface area contributed by atoms with Crippen LogP contribution in [0.15, 0.2) is 48.5 Å². The van der Waals surface area contributed by atoms with Crippen LogP contribution in [0.2, 0.25) is 0 Å². The summed E-state index contributed by atoms with van der Waals surface area (Å²) in [7, 11) is 0. The molecular weight excluding hydrogens is 404 g/mol. The summed E-state index contributed by atoms with van der Waals surface area (Å²) in [5, 5.41) is 3.04. The fourth-order valence-corrected chi connectivity index (χ4v) is 4.76. The van der Waals surface area contributed by atoms with Gasteiger partial charge in [-0.1, -0.05) is 30.3 Å². The third-order valence-corrected chi connectivity index (χ3v) is 6.36. The SMILES string of the molecule is CC(NC(=O)C1CCCO1)c1nc2ccccc2n1CC(=O)N1CCCc2ccccc21. The van der Waals surface area contributed by atoms with E-state index in [-0.39, 0.29) is 24.4 Å². The van der Waals surface area contributed by atoms with E-state index in [2.05, 4.69) is 11.4 Å². The average Bonchev–Trinajstić information content (AvgIpc) is 3.48. The summed E-state index contributed by atoms with van der Waals surface area (Å²) in [4.78, 5) is 32.7. The van der Waals surface area contributed by atoms with E-state index in [1.54, 1.807) is 0 Å². The molecule has 32 heavy (non-hydrogen) atoms. The normalized spacial score (nSPS) is 19.0. The molecule has 2 aliphatic heterocycles. The molecule has 166 valence electrons. The van der Waals surface area contributed by atoms with Gasteiger partial charge in [-0.15, -0.1) is 0 Å². The van der Waals surface area contributed by atoms with Crippen LogP contribution in [0.3, 0.4) is 0 Å². The fourth-order valence-electron chi connectivity index (χ4n) is 4.76. The molecule has 3 heterocycles. The Morgan fingerprint density at radius 2 is 1.97 bits per heavy atom. The van der Waals surface area contributed by atoms with Crippen LogP contribution in [0.25, 0.3) is 11.0 Å². The van der Waals surface area contributed by atoms with Gasteiger partial charge >= 0.3 is 0 Å². The van der Waals surface area contributed by atoms with Crippen LogP contribution in [0.5, 0.6) is 0 Å². The molecule has 1 saturated heterocycles. The van der Waals surface area contributed by atoms with E-state index in [9.17, 15) is 9.59 Å². The molecule has 3 aromatic rings. The Bertz CT molecular complexity index is 1150. The fraction of sp³-hybridized carbons (Fsp3) is 0.400. The zero-order valence-corrected chi connectivity index (χ0v) is 18.3. The molecule has 0 aliphatic carbocycles.